The molecule has 2 amide bonds. The molecule has 0 saturated carbocycles. The van der Waals surface area contributed by atoms with E-state index < -0.39 is 16.1 Å². The number of ether oxygens (including phenoxy) is 3. The fraction of sp³-hybridized carbons (Fsp3) is 0.462. The van der Waals surface area contributed by atoms with Crippen molar-refractivity contribution in [2.45, 2.75) is 51.0 Å². The lowest BCUT2D eigenvalue weighted by Gasteiger charge is -2.42. The van der Waals surface area contributed by atoms with Crippen molar-refractivity contribution in [3.05, 3.63) is 53.6 Å². The van der Waals surface area contributed by atoms with Gasteiger partial charge in [-0.15, -0.1) is 0 Å². The van der Waals surface area contributed by atoms with Crippen molar-refractivity contribution in [3.8, 4) is 11.5 Å². The van der Waals surface area contributed by atoms with Crippen LogP contribution in [0.1, 0.15) is 42.1 Å². The molecule has 200 valence electrons. The second-order valence-electron chi connectivity index (χ2n) is 9.21. The third kappa shape index (κ3) is 6.53. The summed E-state index contributed by atoms with van der Waals surface area (Å²) in [6.07, 6.45) is 0.818. The van der Waals surface area contributed by atoms with Crippen LogP contribution in [0.15, 0.2) is 42.5 Å². The number of amides is 2. The van der Waals surface area contributed by atoms with Gasteiger partial charge in [-0.1, -0.05) is 12.1 Å². The van der Waals surface area contributed by atoms with Gasteiger partial charge in [0.25, 0.3) is 5.91 Å². The Bertz CT molecular complexity index is 1230. The topological polar surface area (TPSA) is 123 Å². The summed E-state index contributed by atoms with van der Waals surface area (Å²) in [5, 5.41) is 2.93. The van der Waals surface area contributed by atoms with Gasteiger partial charge in [0, 0.05) is 19.3 Å². The molecule has 2 N–H and O–H groups in total. The molecule has 2 aliphatic heterocycles. The zero-order chi connectivity index (χ0) is 26.6. The molecule has 2 aliphatic rings. The molecular weight excluding hydrogens is 498 g/mol. The molecule has 37 heavy (non-hydrogen) atoms. The summed E-state index contributed by atoms with van der Waals surface area (Å²) in [6, 6.07) is 11.9. The van der Waals surface area contributed by atoms with Gasteiger partial charge in [-0.3, -0.25) is 14.3 Å². The molecule has 10 nitrogen and oxygen atoms in total. The monoisotopic (exact) mass is 531 g/mol. The van der Waals surface area contributed by atoms with Crippen molar-refractivity contribution in [1.29, 1.82) is 0 Å². The van der Waals surface area contributed by atoms with Gasteiger partial charge < -0.3 is 24.4 Å². The first-order chi connectivity index (χ1) is 17.7. The minimum absolute atomic E-state index is 0.0732. The van der Waals surface area contributed by atoms with Gasteiger partial charge in [0.15, 0.2) is 0 Å². The van der Waals surface area contributed by atoms with Gasteiger partial charge in [0.2, 0.25) is 15.9 Å². The summed E-state index contributed by atoms with van der Waals surface area (Å²) in [4.78, 5) is 27.5. The number of sulfonamides is 1. The first kappa shape index (κ1) is 26.7. The first-order valence-electron chi connectivity index (χ1n) is 12.3. The summed E-state index contributed by atoms with van der Waals surface area (Å²) in [7, 11) is -0.160. The number of fused-ring (bicyclic) bond motifs is 2. The predicted molar refractivity (Wildman–Crippen MR) is 138 cm³/mol. The van der Waals surface area contributed by atoms with Gasteiger partial charge in [-0.05, 0) is 55.7 Å². The number of nitrogens with one attached hydrogen (secondary N) is 2. The summed E-state index contributed by atoms with van der Waals surface area (Å²) in [6.45, 7) is 2.16. The van der Waals surface area contributed by atoms with Crippen LogP contribution >= 0.6 is 0 Å². The van der Waals surface area contributed by atoms with E-state index in [4.69, 9.17) is 14.2 Å². The number of hydrogen-bond donors (Lipinski definition) is 2. The Morgan fingerprint density at radius 2 is 1.92 bits per heavy atom. The molecule has 0 radical (unpaired) electrons. The van der Waals surface area contributed by atoms with Crippen molar-refractivity contribution in [2.75, 3.05) is 31.2 Å². The fourth-order valence-electron chi connectivity index (χ4n) is 4.57. The summed E-state index contributed by atoms with van der Waals surface area (Å²) < 4.78 is 43.7. The largest absolute Gasteiger partial charge is 0.497 e. The van der Waals surface area contributed by atoms with Gasteiger partial charge in [-0.2, -0.15) is 0 Å². The Morgan fingerprint density at radius 1 is 1.16 bits per heavy atom. The number of carbonyl (C=O) groups excluding carboxylic acids is 2. The Morgan fingerprint density at radius 3 is 2.62 bits per heavy atom. The highest BCUT2D eigenvalue weighted by molar-refractivity contribution is 7.92. The smallest absolute Gasteiger partial charge is 0.257 e. The van der Waals surface area contributed by atoms with Crippen LogP contribution in [0.4, 0.5) is 5.69 Å². The normalized spacial score (nSPS) is 21.5. The lowest BCUT2D eigenvalue weighted by Crippen LogP contribution is -2.53. The molecule has 1 saturated heterocycles. The number of rotatable bonds is 8. The van der Waals surface area contributed by atoms with Crippen LogP contribution in [-0.4, -0.2) is 69.9 Å². The van der Waals surface area contributed by atoms with Crippen molar-refractivity contribution in [3.63, 3.8) is 0 Å². The highest BCUT2D eigenvalue weighted by atomic mass is 32.2. The van der Waals surface area contributed by atoms with Crippen molar-refractivity contribution < 1.29 is 32.2 Å². The number of carbonyl (C=O) groups is 2. The van der Waals surface area contributed by atoms with Gasteiger partial charge in [0.1, 0.15) is 24.2 Å². The van der Waals surface area contributed by atoms with Crippen LogP contribution in [0.25, 0.3) is 0 Å². The molecule has 2 heterocycles. The third-order valence-electron chi connectivity index (χ3n) is 6.73. The van der Waals surface area contributed by atoms with Gasteiger partial charge in [0.05, 0.1) is 37.0 Å². The van der Waals surface area contributed by atoms with E-state index in [1.165, 1.54) is 6.07 Å². The quantitative estimate of drug-likeness (QED) is 0.537. The molecule has 0 aliphatic carbocycles. The Balaban J connectivity index is 1.37. The van der Waals surface area contributed by atoms with Gasteiger partial charge in [-0.25, -0.2) is 8.42 Å². The van der Waals surface area contributed by atoms with Crippen LogP contribution in [0.2, 0.25) is 0 Å². The van der Waals surface area contributed by atoms with Crippen LogP contribution in [0.3, 0.4) is 0 Å². The molecule has 11 heteroatoms. The number of hydrogen-bond acceptors (Lipinski definition) is 7. The first-order valence-corrected chi connectivity index (χ1v) is 13.9. The molecule has 2 aromatic carbocycles. The summed E-state index contributed by atoms with van der Waals surface area (Å²) in [5.41, 5.74) is 1.57. The minimum Gasteiger partial charge on any atom is -0.497 e. The fourth-order valence-corrected chi connectivity index (χ4v) is 5.20. The van der Waals surface area contributed by atoms with Crippen LogP contribution in [0, 0.1) is 0 Å². The number of methoxy groups -OCH3 is 1. The van der Waals surface area contributed by atoms with Crippen LogP contribution < -0.4 is 19.5 Å². The molecule has 0 aromatic heterocycles. The van der Waals surface area contributed by atoms with E-state index in [1.807, 2.05) is 24.3 Å². The number of anilines is 1. The van der Waals surface area contributed by atoms with Crippen molar-refractivity contribution >= 4 is 27.5 Å². The number of benzene rings is 2. The average Bonchev–Trinajstić information content (AvgIpc) is 2.90. The molecule has 0 spiro atoms. The van der Waals surface area contributed by atoms with Crippen LogP contribution in [-0.2, 0) is 26.1 Å². The SMILES string of the molecule is CCS(=O)(=O)Nc1ccc2c(c1)C(=O)N(C)[C@@H]1CC[C@@H](CC(=O)NCc3ccc(OC)cc3)O[C@H]1CO2. The Kier molecular flexibility index (Phi) is 8.23. The predicted octanol–water partition coefficient (Wildman–Crippen LogP) is 2.54. The molecular formula is C26H33N3O7S. The third-order valence-corrected chi connectivity index (χ3v) is 8.03. The van der Waals surface area contributed by atoms with E-state index in [0.717, 1.165) is 11.3 Å². The van der Waals surface area contributed by atoms with E-state index >= 15 is 0 Å². The zero-order valence-corrected chi connectivity index (χ0v) is 22.0. The zero-order valence-electron chi connectivity index (χ0n) is 21.2. The maximum Gasteiger partial charge on any atom is 0.257 e. The summed E-state index contributed by atoms with van der Waals surface area (Å²) >= 11 is 0. The number of likely N-dealkylation sites (N-methyl/N-ethyl adjacent to an activating group) is 1. The Labute approximate surface area is 217 Å². The van der Waals surface area contributed by atoms with E-state index in [1.54, 1.807) is 38.1 Å². The highest BCUT2D eigenvalue weighted by Crippen LogP contribution is 2.32. The molecule has 4 rings (SSSR count). The lowest BCUT2D eigenvalue weighted by molar-refractivity contribution is -0.134. The average molecular weight is 532 g/mol. The minimum atomic E-state index is -3.48. The highest BCUT2D eigenvalue weighted by Gasteiger charge is 2.39. The van der Waals surface area contributed by atoms with E-state index in [9.17, 15) is 18.0 Å². The van der Waals surface area contributed by atoms with Crippen LogP contribution in [0.5, 0.6) is 11.5 Å². The Hall–Kier alpha value is -3.31. The second-order valence-corrected chi connectivity index (χ2v) is 11.2. The van der Waals surface area contributed by atoms with Crippen molar-refractivity contribution in [2.24, 2.45) is 0 Å². The summed E-state index contributed by atoms with van der Waals surface area (Å²) in [5.74, 6) is 0.660. The number of nitrogens with zero attached hydrogens (tertiary/aromatic N) is 1. The molecule has 1 fully saturated rings. The van der Waals surface area contributed by atoms with Crippen molar-refractivity contribution in [1.82, 2.24) is 10.2 Å². The molecule has 0 unspecified atom stereocenters. The van der Waals surface area contributed by atoms with Gasteiger partial charge >= 0.3 is 0 Å². The standard InChI is InChI=1S/C26H33N3O7S/c1-4-37(32,33)28-18-7-12-23-21(13-18)26(31)29(2)22-11-10-20(36-24(22)16-35-23)14-25(30)27-15-17-5-8-19(34-3)9-6-17/h5-9,12-13,20,22,24,28H,4,10-11,14-16H2,1-3H3,(H,27,30)/t20-,22+,24-/m0/s1. The maximum absolute atomic E-state index is 13.3. The second kappa shape index (κ2) is 11.4. The van der Waals surface area contributed by atoms with E-state index in [-0.39, 0.29) is 48.3 Å². The lowest BCUT2D eigenvalue weighted by atomic mass is 9.94. The molecule has 2 aromatic rings. The molecule has 0 bridgehead atoms. The molecule has 3 atom stereocenters. The maximum atomic E-state index is 13.3. The van der Waals surface area contributed by atoms with E-state index in [0.29, 0.717) is 30.8 Å². The van der Waals surface area contributed by atoms with E-state index in [2.05, 4.69) is 10.0 Å².